The first-order valence-electron chi connectivity index (χ1n) is 5.03. The van der Waals surface area contributed by atoms with E-state index in [1.54, 1.807) is 6.92 Å². The Hall–Kier alpha value is -1.73. The van der Waals surface area contributed by atoms with Crippen molar-refractivity contribution in [2.45, 2.75) is 25.4 Å². The largest absolute Gasteiger partial charge is 0.386 e. The van der Waals surface area contributed by atoms with E-state index in [0.717, 1.165) is 4.57 Å². The van der Waals surface area contributed by atoms with Gasteiger partial charge in [0.05, 0.1) is 12.4 Å². The molecule has 92 valence electrons. The summed E-state index contributed by atoms with van der Waals surface area (Å²) >= 11 is 0. The summed E-state index contributed by atoms with van der Waals surface area (Å²) in [5, 5.41) is 9.64. The second-order valence-corrected chi connectivity index (χ2v) is 3.79. The predicted molar refractivity (Wildman–Crippen MR) is 57.7 cm³/mol. The lowest BCUT2D eigenvalue weighted by Crippen LogP contribution is -2.28. The molecule has 0 radical (unpaired) electrons. The summed E-state index contributed by atoms with van der Waals surface area (Å²) in [5.41, 5.74) is 4.68. The van der Waals surface area contributed by atoms with Gasteiger partial charge in [0.1, 0.15) is 11.9 Å². The molecule has 0 aromatic carbocycles. The van der Waals surface area contributed by atoms with E-state index in [2.05, 4.69) is 4.98 Å². The van der Waals surface area contributed by atoms with Crippen LogP contribution in [0, 0.1) is 0 Å². The van der Waals surface area contributed by atoms with Crippen LogP contribution in [0.1, 0.15) is 13.2 Å². The lowest BCUT2D eigenvalue weighted by atomic mass is 10.1. The number of hydrogen-bond donors (Lipinski definition) is 2. The minimum absolute atomic E-state index is 0.00817. The smallest absolute Gasteiger partial charge is 0.351 e. The molecule has 1 fully saturated rings. The molecule has 3 N–H and O–H groups in total. The Bertz CT molecular complexity index is 514. The first-order valence-corrected chi connectivity index (χ1v) is 5.03. The van der Waals surface area contributed by atoms with Crippen LogP contribution in [0.3, 0.4) is 0 Å². The van der Waals surface area contributed by atoms with Gasteiger partial charge >= 0.3 is 5.69 Å². The van der Waals surface area contributed by atoms with Crippen LogP contribution in [-0.2, 0) is 4.74 Å². The second-order valence-electron chi connectivity index (χ2n) is 3.79. The number of aliphatic hydroxyl groups excluding tert-OH is 1. The lowest BCUT2D eigenvalue weighted by Gasteiger charge is -2.14. The third-order valence-corrected chi connectivity index (χ3v) is 2.65. The molecule has 0 aliphatic carbocycles. The number of nitrogens with zero attached hydrogens (tertiary/aromatic N) is 2. The van der Waals surface area contributed by atoms with Crippen LogP contribution in [0.2, 0.25) is 0 Å². The number of anilines is 1. The quantitative estimate of drug-likeness (QED) is 0.719. The van der Waals surface area contributed by atoms with E-state index in [9.17, 15) is 14.3 Å². The number of halogens is 1. The molecule has 0 saturated carbocycles. The van der Waals surface area contributed by atoms with Crippen molar-refractivity contribution in [3.63, 3.8) is 0 Å². The van der Waals surface area contributed by atoms with E-state index >= 15 is 0 Å². The van der Waals surface area contributed by atoms with Crippen molar-refractivity contribution in [2.75, 3.05) is 5.73 Å². The summed E-state index contributed by atoms with van der Waals surface area (Å²) in [4.78, 5) is 15.1. The van der Waals surface area contributed by atoms with Crippen LogP contribution in [0.5, 0.6) is 0 Å². The Morgan fingerprint density at radius 2 is 2.41 bits per heavy atom. The van der Waals surface area contributed by atoms with Crippen LogP contribution in [0.15, 0.2) is 29.0 Å². The van der Waals surface area contributed by atoms with Gasteiger partial charge in [-0.05, 0) is 13.0 Å². The van der Waals surface area contributed by atoms with Crippen LogP contribution in [-0.4, -0.2) is 26.9 Å². The van der Waals surface area contributed by atoms with Crippen molar-refractivity contribution in [1.29, 1.82) is 0 Å². The fourth-order valence-electron chi connectivity index (χ4n) is 1.72. The molecule has 3 atom stereocenters. The van der Waals surface area contributed by atoms with Crippen LogP contribution in [0.4, 0.5) is 10.2 Å². The van der Waals surface area contributed by atoms with Gasteiger partial charge in [0.2, 0.25) is 0 Å². The Balaban J connectivity index is 2.44. The molecular weight excluding hydrogens is 229 g/mol. The molecule has 1 aromatic rings. The summed E-state index contributed by atoms with van der Waals surface area (Å²) in [7, 11) is 0. The van der Waals surface area contributed by atoms with Crippen LogP contribution >= 0.6 is 0 Å². The first kappa shape index (κ1) is 11.7. The fraction of sp³-hybridized carbons (Fsp3) is 0.400. The maximum absolute atomic E-state index is 12.7. The monoisotopic (exact) mass is 241 g/mol. The predicted octanol–water partition coefficient (Wildman–Crippen LogP) is -0.0429. The molecule has 0 amide bonds. The van der Waals surface area contributed by atoms with Gasteiger partial charge in [-0.2, -0.15) is 4.98 Å². The normalized spacial score (nSPS) is 31.0. The molecular formula is C10H12FN3O3. The summed E-state index contributed by atoms with van der Waals surface area (Å²) in [6.07, 6.45) is -1.04. The third kappa shape index (κ3) is 1.94. The molecule has 1 aliphatic rings. The van der Waals surface area contributed by atoms with Crippen LogP contribution in [0.25, 0.3) is 0 Å². The molecule has 1 saturated heterocycles. The summed E-state index contributed by atoms with van der Waals surface area (Å²) in [6.45, 7) is 1.59. The highest BCUT2D eigenvalue weighted by Gasteiger charge is 2.38. The van der Waals surface area contributed by atoms with E-state index in [4.69, 9.17) is 10.5 Å². The topological polar surface area (TPSA) is 90.4 Å². The second kappa shape index (κ2) is 4.27. The molecule has 2 heterocycles. The number of nitrogens with two attached hydrogens (primary N) is 1. The summed E-state index contributed by atoms with van der Waals surface area (Å²) in [6, 6.07) is 1.40. The maximum Gasteiger partial charge on any atom is 0.351 e. The van der Waals surface area contributed by atoms with Crippen LogP contribution < -0.4 is 11.4 Å². The van der Waals surface area contributed by atoms with Crippen molar-refractivity contribution < 1.29 is 14.2 Å². The highest BCUT2D eigenvalue weighted by Crippen LogP contribution is 2.33. The molecule has 1 aliphatic heterocycles. The first-order chi connectivity index (χ1) is 8.04. The van der Waals surface area contributed by atoms with E-state index < -0.39 is 24.1 Å². The molecule has 2 rings (SSSR count). The number of aromatic nitrogens is 2. The van der Waals surface area contributed by atoms with Crippen molar-refractivity contribution in [3.8, 4) is 0 Å². The number of rotatable bonds is 1. The zero-order chi connectivity index (χ0) is 12.6. The highest BCUT2D eigenvalue weighted by atomic mass is 19.1. The molecule has 7 heteroatoms. The number of hydrogen-bond acceptors (Lipinski definition) is 5. The maximum atomic E-state index is 12.7. The lowest BCUT2D eigenvalue weighted by molar-refractivity contribution is -0.00767. The number of nitrogen functional groups attached to an aromatic ring is 1. The number of aliphatic hydroxyl groups is 1. The van der Waals surface area contributed by atoms with Gasteiger partial charge in [-0.15, -0.1) is 0 Å². The average molecular weight is 241 g/mol. The van der Waals surface area contributed by atoms with Gasteiger partial charge in [0, 0.05) is 11.8 Å². The molecule has 17 heavy (non-hydrogen) atoms. The third-order valence-electron chi connectivity index (χ3n) is 2.65. The van der Waals surface area contributed by atoms with Gasteiger partial charge in [-0.3, -0.25) is 4.57 Å². The fourth-order valence-corrected chi connectivity index (χ4v) is 1.72. The van der Waals surface area contributed by atoms with Crippen molar-refractivity contribution in [3.05, 3.63) is 34.7 Å². The Labute approximate surface area is 96.1 Å². The molecule has 0 bridgehead atoms. The highest BCUT2D eigenvalue weighted by molar-refractivity contribution is 5.25. The van der Waals surface area contributed by atoms with Gasteiger partial charge in [0.25, 0.3) is 0 Å². The minimum Gasteiger partial charge on any atom is -0.386 e. The Morgan fingerprint density at radius 1 is 1.71 bits per heavy atom. The Kier molecular flexibility index (Phi) is 2.95. The van der Waals surface area contributed by atoms with Crippen molar-refractivity contribution >= 4 is 5.82 Å². The zero-order valence-electron chi connectivity index (χ0n) is 9.08. The van der Waals surface area contributed by atoms with E-state index in [1.165, 1.54) is 12.3 Å². The SMILES string of the molecule is CC1OC(n2ccc(N)nc2=O)C(=CF)C1O. The van der Waals surface area contributed by atoms with E-state index in [-0.39, 0.29) is 17.7 Å². The Morgan fingerprint density at radius 3 is 3.00 bits per heavy atom. The van der Waals surface area contributed by atoms with Gasteiger partial charge in [-0.25, -0.2) is 9.18 Å². The molecule has 1 aromatic heterocycles. The molecule has 0 spiro atoms. The summed E-state index contributed by atoms with van der Waals surface area (Å²) < 4.78 is 19.1. The standard InChI is InChI=1S/C10H12FN3O3/c1-5-8(15)6(4-11)9(17-5)14-3-2-7(12)13-10(14)16/h2-5,8-9,15H,1H3,(H2,12,13,16). The summed E-state index contributed by atoms with van der Waals surface area (Å²) in [5.74, 6) is 0.0728. The number of ether oxygens (including phenoxy) is 1. The molecule has 3 unspecified atom stereocenters. The van der Waals surface area contributed by atoms with E-state index in [1.807, 2.05) is 0 Å². The minimum atomic E-state index is -1.07. The van der Waals surface area contributed by atoms with Crippen molar-refractivity contribution in [2.24, 2.45) is 0 Å². The van der Waals surface area contributed by atoms with Gasteiger partial charge in [-0.1, -0.05) is 0 Å². The average Bonchev–Trinajstić information content (AvgIpc) is 2.55. The zero-order valence-corrected chi connectivity index (χ0v) is 9.08. The van der Waals surface area contributed by atoms with E-state index in [0.29, 0.717) is 0 Å². The molecule has 6 nitrogen and oxygen atoms in total. The van der Waals surface area contributed by atoms with Gasteiger partial charge < -0.3 is 15.6 Å². The van der Waals surface area contributed by atoms with Gasteiger partial charge in [0.15, 0.2) is 6.23 Å². The van der Waals surface area contributed by atoms with Crippen molar-refractivity contribution in [1.82, 2.24) is 9.55 Å².